The maximum absolute atomic E-state index is 2.46. The normalized spacial score (nSPS) is 12.8. The van der Waals surface area contributed by atoms with E-state index < -0.39 is 0 Å². The van der Waals surface area contributed by atoms with E-state index in [9.17, 15) is 0 Å². The maximum Gasteiger partial charge on any atom is -1.00 e. The van der Waals surface area contributed by atoms with E-state index in [0.717, 1.165) is 19.3 Å². The first-order valence-electron chi connectivity index (χ1n) is 13.4. The average Bonchev–Trinajstić information content (AvgIpc) is 3.58. The van der Waals surface area contributed by atoms with E-state index in [1.165, 1.54) is 99.0 Å². The molecule has 2 aliphatic rings. The first kappa shape index (κ1) is 29.5. The van der Waals surface area contributed by atoms with Crippen molar-refractivity contribution >= 4 is 14.4 Å². The Morgan fingerprint density at radius 3 is 1.95 bits per heavy atom. The van der Waals surface area contributed by atoms with Crippen LogP contribution in [0.5, 0.6) is 0 Å². The van der Waals surface area contributed by atoms with Crippen molar-refractivity contribution in [2.75, 3.05) is 0 Å². The minimum Gasteiger partial charge on any atom is -1.00 e. The Morgan fingerprint density at radius 2 is 1.41 bits per heavy atom. The number of fused-ring (bicyclic) bond motifs is 2. The number of aryl methyl sites for hydroxylation is 1. The molecule has 0 unspecified atom stereocenters. The first-order chi connectivity index (χ1) is 18.1. The Hall–Kier alpha value is -2.44. The summed E-state index contributed by atoms with van der Waals surface area (Å²) in [4.78, 5) is 0. The van der Waals surface area contributed by atoms with Crippen LogP contribution < -0.4 is 35.3 Å². The van der Waals surface area contributed by atoms with Gasteiger partial charge >= 0.3 is 236 Å². The molecule has 3 heteroatoms. The number of halogens is 2. The van der Waals surface area contributed by atoms with Crippen LogP contribution in [0.1, 0.15) is 59.2 Å². The zero-order valence-electron chi connectivity index (χ0n) is 22.6. The van der Waals surface area contributed by atoms with Crippen molar-refractivity contribution < 1.29 is 49.5 Å². The maximum atomic E-state index is 2.46. The quantitative estimate of drug-likeness (QED) is 0.311. The summed E-state index contributed by atoms with van der Waals surface area (Å²) in [7, 11) is 0. The van der Waals surface area contributed by atoms with Gasteiger partial charge in [0.05, 0.1) is 0 Å². The molecule has 4 aromatic carbocycles. The van der Waals surface area contributed by atoms with E-state index in [-0.39, 0.29) is 24.8 Å². The number of rotatable bonds is 5. The van der Waals surface area contributed by atoms with Crippen molar-refractivity contribution in [1.82, 2.24) is 0 Å². The molecule has 193 valence electrons. The molecule has 2 aliphatic carbocycles. The number of benzene rings is 4. The van der Waals surface area contributed by atoms with Gasteiger partial charge < -0.3 is 24.8 Å². The summed E-state index contributed by atoms with van der Waals surface area (Å²) in [5, 5.41) is 5.68. The molecule has 4 aromatic rings. The molecule has 0 fully saturated rings. The standard InChI is InChI=1S/C36H31.2ClH.Zr/c1-4-25-20-21-31-29(22-25)23-32-35(28-18-12-13-19-28)30(5-2)24(3)33(36(31)32)34(26-14-8-6-9-15-26)27-16-10-7-11-17-27;;;/h6-18,20-22H,4-5,19H2,1-3H3;2*1H;/q;;;+2/p-2. The third-order valence-corrected chi connectivity index (χ3v) is 9.26. The largest absolute Gasteiger partial charge is 1.00 e. The Bertz CT molecular complexity index is 1770. The molecule has 0 aromatic heterocycles. The van der Waals surface area contributed by atoms with Crippen LogP contribution in [-0.4, -0.2) is 0 Å². The number of allylic oxidation sites excluding steroid dienone is 4. The molecule has 0 spiro atoms. The van der Waals surface area contributed by atoms with E-state index in [1.54, 1.807) is 0 Å². The van der Waals surface area contributed by atoms with E-state index in [4.69, 9.17) is 0 Å². The molecule has 0 aliphatic heterocycles. The summed E-state index contributed by atoms with van der Waals surface area (Å²) >= 11 is 1.49. The van der Waals surface area contributed by atoms with Crippen molar-refractivity contribution in [1.29, 1.82) is 0 Å². The van der Waals surface area contributed by atoms with E-state index in [0.29, 0.717) is 0 Å². The van der Waals surface area contributed by atoms with Crippen LogP contribution in [0.15, 0.2) is 97.1 Å². The van der Waals surface area contributed by atoms with Crippen molar-refractivity contribution in [3.8, 4) is 0 Å². The Balaban J connectivity index is 0.00000176. The van der Waals surface area contributed by atoms with Crippen molar-refractivity contribution in [3.63, 3.8) is 0 Å². The van der Waals surface area contributed by atoms with Gasteiger partial charge in [-0.3, -0.25) is 0 Å². The second kappa shape index (κ2) is 12.4. The molecular formula is C36H31Cl2Zr. The van der Waals surface area contributed by atoms with Crippen LogP contribution in [0.25, 0.3) is 14.4 Å². The van der Waals surface area contributed by atoms with Gasteiger partial charge in [0, 0.05) is 0 Å². The Morgan fingerprint density at radius 1 is 0.769 bits per heavy atom. The van der Waals surface area contributed by atoms with Gasteiger partial charge in [-0.25, -0.2) is 0 Å². The zero-order valence-corrected chi connectivity index (χ0v) is 26.6. The fraction of sp³-hybridized carbons (Fsp3) is 0.167. The molecule has 0 saturated heterocycles. The van der Waals surface area contributed by atoms with Gasteiger partial charge in [-0.05, 0) is 0 Å². The first-order valence-corrected chi connectivity index (χ1v) is 14.6. The number of hydrogen-bond acceptors (Lipinski definition) is 0. The average molecular weight is 626 g/mol. The van der Waals surface area contributed by atoms with Crippen LogP contribution in [0.2, 0.25) is 0 Å². The monoisotopic (exact) mass is 623 g/mol. The molecule has 0 radical (unpaired) electrons. The van der Waals surface area contributed by atoms with Gasteiger partial charge in [0.15, 0.2) is 0 Å². The predicted molar refractivity (Wildman–Crippen MR) is 152 cm³/mol. The fourth-order valence-corrected chi connectivity index (χ4v) is 7.35. The minimum absolute atomic E-state index is 0. The van der Waals surface area contributed by atoms with Crippen LogP contribution in [0.3, 0.4) is 0 Å². The van der Waals surface area contributed by atoms with E-state index in [2.05, 4.69) is 118 Å². The second-order valence-electron chi connectivity index (χ2n) is 10.00. The van der Waals surface area contributed by atoms with Gasteiger partial charge in [-0.2, -0.15) is 0 Å². The van der Waals surface area contributed by atoms with Gasteiger partial charge in [0.25, 0.3) is 0 Å². The third-order valence-electron chi connectivity index (χ3n) is 7.98. The molecule has 39 heavy (non-hydrogen) atoms. The van der Waals surface area contributed by atoms with Gasteiger partial charge in [-0.1, -0.05) is 0 Å². The molecule has 0 saturated carbocycles. The van der Waals surface area contributed by atoms with Gasteiger partial charge in [0.1, 0.15) is 0 Å². The molecular weight excluding hydrogens is 595 g/mol. The molecule has 0 N–H and O–H groups in total. The summed E-state index contributed by atoms with van der Waals surface area (Å²) < 4.78 is 1.51. The van der Waals surface area contributed by atoms with Crippen molar-refractivity contribution in [3.05, 3.63) is 157 Å². The summed E-state index contributed by atoms with van der Waals surface area (Å²) in [5.74, 6) is 0. The predicted octanol–water partition coefficient (Wildman–Crippen LogP) is 1.02. The van der Waals surface area contributed by atoms with Crippen LogP contribution in [0.4, 0.5) is 0 Å². The van der Waals surface area contributed by atoms with E-state index in [1.807, 2.05) is 0 Å². The Kier molecular flexibility index (Phi) is 9.38. The summed E-state index contributed by atoms with van der Waals surface area (Å²) in [5.41, 5.74) is 12.7. The zero-order chi connectivity index (χ0) is 25.5. The third kappa shape index (κ3) is 4.99. The second-order valence-corrected chi connectivity index (χ2v) is 11.2. The molecule has 0 atom stereocenters. The Labute approximate surface area is 259 Å². The summed E-state index contributed by atoms with van der Waals surface area (Å²) in [6.07, 6.45) is 9.98. The SMILES string of the molecule is CCc1ccc2c(c1)=[C]([Zr+2])c1c(C3=CC=CC3)c(CC)c(C)c(=C(c3ccccc3)c3ccccc3)c1=2.[Cl-].[Cl-]. The molecule has 0 bridgehead atoms. The summed E-state index contributed by atoms with van der Waals surface area (Å²) in [6.45, 7) is 6.96. The molecule has 6 rings (SSSR count). The topological polar surface area (TPSA) is 0 Å². The van der Waals surface area contributed by atoms with Crippen molar-refractivity contribution in [2.45, 2.75) is 40.0 Å². The van der Waals surface area contributed by atoms with Crippen LogP contribution in [0, 0.1) is 17.4 Å². The number of hydrogen-bond donors (Lipinski definition) is 0. The van der Waals surface area contributed by atoms with E-state index >= 15 is 0 Å². The van der Waals surface area contributed by atoms with Gasteiger partial charge in [-0.15, -0.1) is 0 Å². The van der Waals surface area contributed by atoms with Crippen molar-refractivity contribution in [2.24, 2.45) is 0 Å². The molecule has 0 amide bonds. The van der Waals surface area contributed by atoms with Gasteiger partial charge in [0.2, 0.25) is 0 Å². The van der Waals surface area contributed by atoms with Crippen LogP contribution >= 0.6 is 0 Å². The molecule has 0 nitrogen and oxygen atoms in total. The fourth-order valence-electron chi connectivity index (χ4n) is 6.22. The van der Waals surface area contributed by atoms with Crippen LogP contribution in [-0.2, 0) is 37.6 Å². The molecule has 0 heterocycles. The smallest absolute Gasteiger partial charge is 1.00 e. The summed E-state index contributed by atoms with van der Waals surface area (Å²) in [6, 6.07) is 29.2. The minimum atomic E-state index is 0.